The molecule has 0 unspecified atom stereocenters. The van der Waals surface area contributed by atoms with Crippen LogP contribution in [-0.2, 0) is 16.1 Å². The van der Waals surface area contributed by atoms with Crippen LogP contribution in [0.2, 0.25) is 0 Å². The summed E-state index contributed by atoms with van der Waals surface area (Å²) in [7, 11) is 0. The van der Waals surface area contributed by atoms with Crippen LogP contribution in [0.4, 0.5) is 10.1 Å². The first-order valence-corrected chi connectivity index (χ1v) is 5.97. The van der Waals surface area contributed by atoms with Gasteiger partial charge in [-0.3, -0.25) is 14.3 Å². The van der Waals surface area contributed by atoms with Crippen LogP contribution in [-0.4, -0.2) is 45.5 Å². The fourth-order valence-electron chi connectivity index (χ4n) is 1.88. The second-order valence-corrected chi connectivity index (χ2v) is 4.42. The van der Waals surface area contributed by atoms with Gasteiger partial charge in [-0.25, -0.2) is 4.39 Å². The summed E-state index contributed by atoms with van der Waals surface area (Å²) in [6, 6.07) is -0.530. The Labute approximate surface area is 108 Å². The highest BCUT2D eigenvalue weighted by atomic mass is 19.1. The summed E-state index contributed by atoms with van der Waals surface area (Å²) in [4.78, 5) is 22.2. The predicted octanol–water partition coefficient (Wildman–Crippen LogP) is -0.00370. The third kappa shape index (κ3) is 3.75. The number of carboxylic acid groups (broad SMARTS) is 1. The molecule has 19 heavy (non-hydrogen) atoms. The molecule has 8 heteroatoms. The maximum Gasteiger partial charge on any atom is 0.305 e. The van der Waals surface area contributed by atoms with Crippen molar-refractivity contribution in [3.05, 3.63) is 12.4 Å². The minimum atomic E-state index is -0.992. The highest BCUT2D eigenvalue weighted by Crippen LogP contribution is 2.13. The van der Waals surface area contributed by atoms with Gasteiger partial charge in [0.1, 0.15) is 6.17 Å². The monoisotopic (exact) mass is 270 g/mol. The SMILES string of the molecule is O=C(O)CCn1cc(NC(=O)[C@@H]2C[C@@H](F)CN2)cn1. The Balaban J connectivity index is 1.85. The van der Waals surface area contributed by atoms with Crippen LogP contribution in [0, 0.1) is 0 Å². The Bertz CT molecular complexity index is 476. The first-order valence-electron chi connectivity index (χ1n) is 5.97. The van der Waals surface area contributed by atoms with Crippen molar-refractivity contribution in [1.29, 1.82) is 0 Å². The molecule has 0 radical (unpaired) electrons. The van der Waals surface area contributed by atoms with Gasteiger partial charge >= 0.3 is 5.97 Å². The molecule has 0 spiro atoms. The molecule has 0 saturated carbocycles. The summed E-state index contributed by atoms with van der Waals surface area (Å²) in [5.74, 6) is -1.22. The predicted molar refractivity (Wildman–Crippen MR) is 64.4 cm³/mol. The average molecular weight is 270 g/mol. The van der Waals surface area contributed by atoms with Crippen molar-refractivity contribution >= 4 is 17.6 Å². The number of hydrogen-bond donors (Lipinski definition) is 3. The number of aryl methyl sites for hydroxylation is 1. The molecule has 2 heterocycles. The van der Waals surface area contributed by atoms with E-state index in [0.717, 1.165) is 0 Å². The second kappa shape index (κ2) is 5.79. The van der Waals surface area contributed by atoms with Gasteiger partial charge < -0.3 is 15.7 Å². The summed E-state index contributed by atoms with van der Waals surface area (Å²) in [6.07, 6.45) is 2.11. The van der Waals surface area contributed by atoms with Gasteiger partial charge in [-0.05, 0) is 0 Å². The zero-order valence-corrected chi connectivity index (χ0v) is 10.2. The lowest BCUT2D eigenvalue weighted by atomic mass is 10.2. The minimum Gasteiger partial charge on any atom is -0.481 e. The number of halogens is 1. The largest absolute Gasteiger partial charge is 0.481 e. The zero-order valence-electron chi connectivity index (χ0n) is 10.2. The van der Waals surface area contributed by atoms with Crippen molar-refractivity contribution in [2.45, 2.75) is 31.6 Å². The standard InChI is InChI=1S/C11H15FN4O3/c12-7-3-9(13-4-7)11(19)15-8-5-14-16(6-8)2-1-10(17)18/h5-7,9,13H,1-4H2,(H,15,19)(H,17,18)/t7-,9+/m1/s1. The normalized spacial score (nSPS) is 22.4. The molecular formula is C11H15FN4O3. The van der Waals surface area contributed by atoms with Crippen molar-refractivity contribution in [2.75, 3.05) is 11.9 Å². The maximum absolute atomic E-state index is 12.9. The molecule has 7 nitrogen and oxygen atoms in total. The van der Waals surface area contributed by atoms with Crippen molar-refractivity contribution in [2.24, 2.45) is 0 Å². The number of nitrogens with one attached hydrogen (secondary N) is 2. The van der Waals surface area contributed by atoms with Crippen LogP contribution in [0.3, 0.4) is 0 Å². The molecule has 0 aliphatic carbocycles. The summed E-state index contributed by atoms with van der Waals surface area (Å²) >= 11 is 0. The first kappa shape index (κ1) is 13.5. The number of anilines is 1. The van der Waals surface area contributed by atoms with E-state index in [1.165, 1.54) is 10.9 Å². The lowest BCUT2D eigenvalue weighted by Crippen LogP contribution is -2.35. The topological polar surface area (TPSA) is 96.2 Å². The fourth-order valence-corrected chi connectivity index (χ4v) is 1.88. The number of hydrogen-bond acceptors (Lipinski definition) is 4. The van der Waals surface area contributed by atoms with E-state index in [4.69, 9.17) is 5.11 Å². The molecule has 1 aliphatic heterocycles. The number of carbonyl (C=O) groups is 2. The van der Waals surface area contributed by atoms with Gasteiger partial charge in [-0.2, -0.15) is 5.10 Å². The number of carboxylic acids is 1. The number of amides is 1. The molecule has 104 valence electrons. The number of alkyl halides is 1. The molecule has 1 aromatic rings. The molecule has 1 fully saturated rings. The van der Waals surface area contributed by atoms with Gasteiger partial charge in [-0.15, -0.1) is 0 Å². The van der Waals surface area contributed by atoms with Crippen LogP contribution in [0.25, 0.3) is 0 Å². The third-order valence-electron chi connectivity index (χ3n) is 2.85. The number of aliphatic carboxylic acids is 1. The van der Waals surface area contributed by atoms with Crippen LogP contribution < -0.4 is 10.6 Å². The van der Waals surface area contributed by atoms with Gasteiger partial charge in [0, 0.05) is 19.2 Å². The number of rotatable bonds is 5. The molecule has 1 saturated heterocycles. The smallest absolute Gasteiger partial charge is 0.305 e. The van der Waals surface area contributed by atoms with Crippen molar-refractivity contribution < 1.29 is 19.1 Å². The minimum absolute atomic E-state index is 0.0389. The molecule has 0 bridgehead atoms. The average Bonchev–Trinajstić information content (AvgIpc) is 2.95. The van der Waals surface area contributed by atoms with E-state index in [2.05, 4.69) is 15.7 Å². The molecule has 1 amide bonds. The Morgan fingerprint density at radius 1 is 1.63 bits per heavy atom. The fraction of sp³-hybridized carbons (Fsp3) is 0.545. The Morgan fingerprint density at radius 3 is 3.05 bits per heavy atom. The summed E-state index contributed by atoms with van der Waals surface area (Å²) < 4.78 is 14.4. The van der Waals surface area contributed by atoms with E-state index in [1.54, 1.807) is 6.20 Å². The highest BCUT2D eigenvalue weighted by molar-refractivity contribution is 5.94. The Morgan fingerprint density at radius 2 is 2.42 bits per heavy atom. The number of carbonyl (C=O) groups excluding carboxylic acids is 1. The Hall–Kier alpha value is -1.96. The third-order valence-corrected chi connectivity index (χ3v) is 2.85. The first-order chi connectivity index (χ1) is 9.04. The summed E-state index contributed by atoms with van der Waals surface area (Å²) in [5, 5.41) is 17.9. The van der Waals surface area contributed by atoms with Gasteiger partial charge in [0.05, 0.1) is 30.9 Å². The molecule has 1 aliphatic rings. The molecule has 1 aromatic heterocycles. The van der Waals surface area contributed by atoms with Crippen LogP contribution >= 0.6 is 0 Å². The second-order valence-electron chi connectivity index (χ2n) is 4.42. The highest BCUT2D eigenvalue weighted by Gasteiger charge is 2.29. The van der Waals surface area contributed by atoms with E-state index < -0.39 is 18.2 Å². The lowest BCUT2D eigenvalue weighted by Gasteiger charge is -2.08. The van der Waals surface area contributed by atoms with Gasteiger partial charge in [0.25, 0.3) is 0 Å². The maximum atomic E-state index is 12.9. The number of nitrogens with zero attached hydrogens (tertiary/aromatic N) is 2. The Kier molecular flexibility index (Phi) is 4.10. The van der Waals surface area contributed by atoms with Crippen LogP contribution in [0.5, 0.6) is 0 Å². The molecular weight excluding hydrogens is 255 g/mol. The lowest BCUT2D eigenvalue weighted by molar-refractivity contribution is -0.137. The van der Waals surface area contributed by atoms with E-state index in [0.29, 0.717) is 5.69 Å². The zero-order chi connectivity index (χ0) is 13.8. The molecule has 0 aromatic carbocycles. The van der Waals surface area contributed by atoms with Crippen LogP contribution in [0.1, 0.15) is 12.8 Å². The summed E-state index contributed by atoms with van der Waals surface area (Å²) in [5.41, 5.74) is 0.472. The van der Waals surface area contributed by atoms with E-state index in [-0.39, 0.29) is 31.8 Å². The molecule has 2 atom stereocenters. The quantitative estimate of drug-likeness (QED) is 0.699. The van der Waals surface area contributed by atoms with E-state index in [9.17, 15) is 14.0 Å². The van der Waals surface area contributed by atoms with Crippen molar-refractivity contribution in [3.63, 3.8) is 0 Å². The van der Waals surface area contributed by atoms with Gasteiger partial charge in [-0.1, -0.05) is 0 Å². The van der Waals surface area contributed by atoms with Crippen molar-refractivity contribution in [1.82, 2.24) is 15.1 Å². The van der Waals surface area contributed by atoms with Crippen molar-refractivity contribution in [3.8, 4) is 0 Å². The van der Waals surface area contributed by atoms with E-state index in [1.807, 2.05) is 0 Å². The molecule has 2 rings (SSSR count). The van der Waals surface area contributed by atoms with Crippen LogP contribution in [0.15, 0.2) is 12.4 Å². The van der Waals surface area contributed by atoms with Gasteiger partial charge in [0.2, 0.25) is 5.91 Å². The number of aromatic nitrogens is 2. The van der Waals surface area contributed by atoms with Gasteiger partial charge in [0.15, 0.2) is 0 Å². The molecule has 3 N–H and O–H groups in total. The van der Waals surface area contributed by atoms with E-state index >= 15 is 0 Å². The summed E-state index contributed by atoms with van der Waals surface area (Å²) in [6.45, 7) is 0.426.